The first-order valence-electron chi connectivity index (χ1n) is 6.77. The number of rotatable bonds is 6. The van der Waals surface area contributed by atoms with Crippen LogP contribution in [0.3, 0.4) is 0 Å². The second-order valence-corrected chi connectivity index (χ2v) is 7.03. The van der Waals surface area contributed by atoms with Crippen LogP contribution in [0, 0.1) is 5.82 Å². The van der Waals surface area contributed by atoms with Crippen molar-refractivity contribution in [2.75, 3.05) is 0 Å². The Labute approximate surface area is 146 Å². The third kappa shape index (κ3) is 4.99. The van der Waals surface area contributed by atoms with Gasteiger partial charge in [-0.25, -0.2) is 4.39 Å². The predicted molar refractivity (Wildman–Crippen MR) is 91.3 cm³/mol. The van der Waals surface area contributed by atoms with E-state index in [9.17, 15) is 4.39 Å². The molecule has 0 aliphatic carbocycles. The number of thioether (sulfide) groups is 2. The number of hydrogen-bond donors (Lipinski definition) is 0. The van der Waals surface area contributed by atoms with E-state index in [1.165, 1.54) is 35.7 Å². The Bertz CT molecular complexity index is 699. The molecular weight excluding hydrogens is 355 g/mol. The third-order valence-electron chi connectivity index (χ3n) is 2.90. The first-order chi connectivity index (χ1) is 11.2. The number of hydrogen-bond acceptors (Lipinski definition) is 5. The van der Waals surface area contributed by atoms with E-state index in [2.05, 4.69) is 10.2 Å². The lowest BCUT2D eigenvalue weighted by Crippen LogP contribution is -1.81. The molecule has 1 aromatic heterocycles. The van der Waals surface area contributed by atoms with Gasteiger partial charge < -0.3 is 4.42 Å². The zero-order valence-electron chi connectivity index (χ0n) is 11.9. The summed E-state index contributed by atoms with van der Waals surface area (Å²) in [6.07, 6.45) is 0. The summed E-state index contributed by atoms with van der Waals surface area (Å²) < 4.78 is 18.4. The summed E-state index contributed by atoms with van der Waals surface area (Å²) in [6, 6.07) is 14.0. The van der Waals surface area contributed by atoms with E-state index in [4.69, 9.17) is 16.0 Å². The van der Waals surface area contributed by atoms with Crippen molar-refractivity contribution in [1.82, 2.24) is 10.2 Å². The molecule has 0 spiro atoms. The predicted octanol–water partition coefficient (Wildman–Crippen LogP) is 5.45. The minimum absolute atomic E-state index is 0.243. The molecule has 0 saturated heterocycles. The van der Waals surface area contributed by atoms with Gasteiger partial charge in [0.15, 0.2) is 0 Å². The van der Waals surface area contributed by atoms with Crippen LogP contribution in [0.5, 0.6) is 0 Å². The Hall–Kier alpha value is -1.50. The minimum Gasteiger partial charge on any atom is -0.415 e. The van der Waals surface area contributed by atoms with Gasteiger partial charge >= 0.3 is 0 Å². The average molecular weight is 367 g/mol. The van der Waals surface area contributed by atoms with Crippen molar-refractivity contribution in [2.24, 2.45) is 0 Å². The molecule has 3 nitrogen and oxygen atoms in total. The number of benzene rings is 2. The molecule has 0 N–H and O–H groups in total. The second-order valence-electron chi connectivity index (χ2n) is 4.62. The molecule has 0 aliphatic rings. The van der Waals surface area contributed by atoms with Gasteiger partial charge in [0, 0.05) is 15.7 Å². The van der Waals surface area contributed by atoms with Gasteiger partial charge in [-0.1, -0.05) is 35.5 Å². The van der Waals surface area contributed by atoms with Gasteiger partial charge in [0.1, 0.15) is 5.82 Å². The topological polar surface area (TPSA) is 38.9 Å². The molecule has 0 fully saturated rings. The van der Waals surface area contributed by atoms with Gasteiger partial charge in [-0.3, -0.25) is 0 Å². The standard InChI is InChI=1S/C16H12ClFN2OS2/c17-12-3-1-11(2-4-12)9-23-16-20-19-15(21-16)10-22-14-7-5-13(18)6-8-14/h1-8H,9-10H2. The van der Waals surface area contributed by atoms with Crippen molar-refractivity contribution in [3.63, 3.8) is 0 Å². The molecule has 0 unspecified atom stereocenters. The van der Waals surface area contributed by atoms with E-state index in [0.29, 0.717) is 16.9 Å². The summed E-state index contributed by atoms with van der Waals surface area (Å²) in [4.78, 5) is 0.958. The molecule has 7 heteroatoms. The maximum atomic E-state index is 12.8. The molecule has 0 aliphatic heterocycles. The van der Waals surface area contributed by atoms with E-state index in [-0.39, 0.29) is 5.82 Å². The first-order valence-corrected chi connectivity index (χ1v) is 9.12. The fourth-order valence-corrected chi connectivity index (χ4v) is 3.35. The maximum Gasteiger partial charge on any atom is 0.276 e. The van der Waals surface area contributed by atoms with Crippen LogP contribution < -0.4 is 0 Å². The zero-order chi connectivity index (χ0) is 16.1. The Morgan fingerprint density at radius 3 is 2.39 bits per heavy atom. The minimum atomic E-state index is -0.243. The van der Waals surface area contributed by atoms with Crippen LogP contribution in [-0.2, 0) is 11.5 Å². The van der Waals surface area contributed by atoms with E-state index in [0.717, 1.165) is 21.2 Å². The zero-order valence-corrected chi connectivity index (χ0v) is 14.3. The van der Waals surface area contributed by atoms with Crippen LogP contribution in [-0.4, -0.2) is 10.2 Å². The van der Waals surface area contributed by atoms with E-state index in [1.807, 2.05) is 24.3 Å². The molecule has 1 heterocycles. The van der Waals surface area contributed by atoms with Crippen LogP contribution >= 0.6 is 35.1 Å². The van der Waals surface area contributed by atoms with Crippen molar-refractivity contribution in [2.45, 2.75) is 21.6 Å². The molecule has 23 heavy (non-hydrogen) atoms. The molecule has 0 atom stereocenters. The Morgan fingerprint density at radius 2 is 1.65 bits per heavy atom. The SMILES string of the molecule is Fc1ccc(SCc2nnc(SCc3ccc(Cl)cc3)o2)cc1. The third-order valence-corrected chi connectivity index (χ3v) is 5.04. The Balaban J connectivity index is 1.51. The fraction of sp³-hybridized carbons (Fsp3) is 0.125. The summed E-state index contributed by atoms with van der Waals surface area (Å²) >= 11 is 8.86. The van der Waals surface area contributed by atoms with Gasteiger partial charge in [0.2, 0.25) is 5.89 Å². The van der Waals surface area contributed by atoms with Crippen LogP contribution in [0.1, 0.15) is 11.5 Å². The molecule has 118 valence electrons. The van der Waals surface area contributed by atoms with Crippen molar-refractivity contribution >= 4 is 35.1 Å². The van der Waals surface area contributed by atoms with E-state index in [1.54, 1.807) is 12.1 Å². The van der Waals surface area contributed by atoms with Crippen molar-refractivity contribution < 1.29 is 8.81 Å². The normalized spacial score (nSPS) is 10.9. The van der Waals surface area contributed by atoms with Gasteiger partial charge in [0.25, 0.3) is 5.22 Å². The molecule has 2 aromatic carbocycles. The lowest BCUT2D eigenvalue weighted by molar-refractivity contribution is 0.426. The number of aromatic nitrogens is 2. The fourth-order valence-electron chi connectivity index (χ4n) is 1.76. The molecule has 0 radical (unpaired) electrons. The average Bonchev–Trinajstić information content (AvgIpc) is 3.02. The lowest BCUT2D eigenvalue weighted by Gasteiger charge is -1.98. The quantitative estimate of drug-likeness (QED) is 0.542. The molecule has 3 aromatic rings. The second kappa shape index (κ2) is 7.86. The van der Waals surface area contributed by atoms with Crippen molar-refractivity contribution in [1.29, 1.82) is 0 Å². The Kier molecular flexibility index (Phi) is 5.59. The molecule has 0 saturated carbocycles. The first kappa shape index (κ1) is 16.4. The smallest absolute Gasteiger partial charge is 0.276 e. The van der Waals surface area contributed by atoms with Crippen molar-refractivity contribution in [3.8, 4) is 0 Å². The van der Waals surface area contributed by atoms with Crippen molar-refractivity contribution in [3.05, 3.63) is 70.8 Å². The van der Waals surface area contributed by atoms with Gasteiger partial charge in [-0.15, -0.1) is 22.0 Å². The van der Waals surface area contributed by atoms with Crippen LogP contribution in [0.4, 0.5) is 4.39 Å². The van der Waals surface area contributed by atoms with Crippen LogP contribution in [0.15, 0.2) is 63.1 Å². The highest BCUT2D eigenvalue weighted by Gasteiger charge is 2.08. The van der Waals surface area contributed by atoms with Crippen LogP contribution in [0.25, 0.3) is 0 Å². The Morgan fingerprint density at radius 1 is 0.913 bits per heavy atom. The van der Waals surface area contributed by atoms with Gasteiger partial charge in [0.05, 0.1) is 5.75 Å². The highest BCUT2D eigenvalue weighted by molar-refractivity contribution is 7.98. The molecular formula is C16H12ClFN2OS2. The summed E-state index contributed by atoms with van der Waals surface area (Å²) in [7, 11) is 0. The molecule has 0 bridgehead atoms. The summed E-state index contributed by atoms with van der Waals surface area (Å²) in [5.74, 6) is 1.61. The molecule has 0 amide bonds. The summed E-state index contributed by atoms with van der Waals surface area (Å²) in [5.41, 5.74) is 1.14. The lowest BCUT2D eigenvalue weighted by atomic mass is 10.2. The van der Waals surface area contributed by atoms with E-state index >= 15 is 0 Å². The highest BCUT2D eigenvalue weighted by Crippen LogP contribution is 2.26. The van der Waals surface area contributed by atoms with Gasteiger partial charge in [-0.2, -0.15) is 0 Å². The molecule has 3 rings (SSSR count). The number of halogens is 2. The number of nitrogens with zero attached hydrogens (tertiary/aromatic N) is 2. The monoisotopic (exact) mass is 366 g/mol. The van der Waals surface area contributed by atoms with E-state index < -0.39 is 0 Å². The maximum absolute atomic E-state index is 12.8. The summed E-state index contributed by atoms with van der Waals surface area (Å²) in [5, 5.41) is 9.30. The van der Waals surface area contributed by atoms with Crippen LogP contribution in [0.2, 0.25) is 5.02 Å². The highest BCUT2D eigenvalue weighted by atomic mass is 35.5. The summed E-state index contributed by atoms with van der Waals surface area (Å²) in [6.45, 7) is 0. The largest absolute Gasteiger partial charge is 0.415 e. The van der Waals surface area contributed by atoms with Gasteiger partial charge in [-0.05, 0) is 42.0 Å².